The van der Waals surface area contributed by atoms with Crippen molar-refractivity contribution in [1.29, 1.82) is 0 Å². The molecule has 1 aliphatic rings. The molecule has 0 atom stereocenters. The third-order valence-corrected chi connectivity index (χ3v) is 10.9. The van der Waals surface area contributed by atoms with Crippen molar-refractivity contribution in [3.63, 3.8) is 0 Å². The Morgan fingerprint density at radius 1 is 0.619 bits per heavy atom. The zero-order chi connectivity index (χ0) is 30.3. The molecule has 0 unspecified atom stereocenters. The van der Waals surface area contributed by atoms with Crippen molar-refractivity contribution in [3.8, 4) is 28.0 Å². The standard InChI is InChI=1S/C41H58O/c1-9-30-26-35(24-25-38(30)34-22-20-33(21-23-34)32-18-16-29(8)17-19-32)39-27-31(10-2)40(37(12-4)36(39)11-3)42-28-41(13-5,14-6)15-7/h20-27,29,32H,9-19,28H2,1-8H3. The maximum absolute atomic E-state index is 6.80. The van der Waals surface area contributed by atoms with E-state index in [4.69, 9.17) is 4.74 Å². The molecule has 228 valence electrons. The number of ether oxygens (including phenoxy) is 1. The largest absolute Gasteiger partial charge is 0.492 e. The topological polar surface area (TPSA) is 9.23 Å². The molecule has 1 heteroatoms. The van der Waals surface area contributed by atoms with E-state index in [1.165, 1.54) is 81.5 Å². The van der Waals surface area contributed by atoms with Crippen LogP contribution in [0.2, 0.25) is 0 Å². The van der Waals surface area contributed by atoms with Crippen LogP contribution in [-0.4, -0.2) is 6.61 Å². The van der Waals surface area contributed by atoms with Gasteiger partial charge in [0.05, 0.1) is 6.61 Å². The maximum Gasteiger partial charge on any atom is 0.125 e. The highest BCUT2D eigenvalue weighted by Crippen LogP contribution is 2.41. The van der Waals surface area contributed by atoms with E-state index in [-0.39, 0.29) is 5.41 Å². The molecule has 1 aliphatic carbocycles. The molecule has 3 aromatic rings. The van der Waals surface area contributed by atoms with Crippen LogP contribution >= 0.6 is 0 Å². The summed E-state index contributed by atoms with van der Waals surface area (Å²) in [4.78, 5) is 0. The molecule has 0 saturated heterocycles. The van der Waals surface area contributed by atoms with Crippen LogP contribution < -0.4 is 4.74 Å². The van der Waals surface area contributed by atoms with Gasteiger partial charge in [-0.25, -0.2) is 0 Å². The number of rotatable bonds is 13. The minimum atomic E-state index is 0.264. The number of hydrogen-bond donors (Lipinski definition) is 0. The third-order valence-electron chi connectivity index (χ3n) is 10.9. The first kappa shape index (κ1) is 32.4. The van der Waals surface area contributed by atoms with Crippen LogP contribution in [-0.2, 0) is 25.7 Å². The molecule has 1 nitrogen and oxygen atoms in total. The molecule has 3 aromatic carbocycles. The molecule has 0 amide bonds. The maximum atomic E-state index is 6.80. The molecule has 0 bridgehead atoms. The molecule has 0 spiro atoms. The van der Waals surface area contributed by atoms with Gasteiger partial charge < -0.3 is 4.74 Å². The SMILES string of the molecule is CCc1cc(-c2cc(CC)c(OCC(CC)(CC)CC)c(CC)c2CC)ccc1-c1ccc(C2CCC(C)CC2)cc1. The smallest absolute Gasteiger partial charge is 0.125 e. The van der Waals surface area contributed by atoms with Crippen LogP contribution in [0, 0.1) is 11.3 Å². The lowest BCUT2D eigenvalue weighted by molar-refractivity contribution is 0.126. The Bertz CT molecular complexity index is 1280. The quantitative estimate of drug-likeness (QED) is 0.200. The second kappa shape index (κ2) is 14.8. The van der Waals surface area contributed by atoms with Crippen molar-refractivity contribution >= 4 is 0 Å². The molecule has 4 rings (SSSR count). The lowest BCUT2D eigenvalue weighted by atomic mass is 9.79. The molecule has 0 heterocycles. The van der Waals surface area contributed by atoms with E-state index in [2.05, 4.69) is 104 Å². The van der Waals surface area contributed by atoms with Crippen LogP contribution in [0.1, 0.15) is 134 Å². The molecule has 0 aliphatic heterocycles. The first-order valence-electron chi connectivity index (χ1n) is 17.4. The van der Waals surface area contributed by atoms with E-state index >= 15 is 0 Å². The predicted molar refractivity (Wildman–Crippen MR) is 184 cm³/mol. The monoisotopic (exact) mass is 566 g/mol. The fourth-order valence-electron chi connectivity index (χ4n) is 7.44. The van der Waals surface area contributed by atoms with Crippen LogP contribution in [0.25, 0.3) is 22.3 Å². The van der Waals surface area contributed by atoms with Crippen LogP contribution in [0.4, 0.5) is 0 Å². The third kappa shape index (κ3) is 6.82. The highest BCUT2D eigenvalue weighted by molar-refractivity contribution is 5.77. The summed E-state index contributed by atoms with van der Waals surface area (Å²) in [6.07, 6.45) is 13.0. The molecule has 0 radical (unpaired) electrons. The van der Waals surface area contributed by atoms with Gasteiger partial charge in [0.25, 0.3) is 0 Å². The first-order chi connectivity index (χ1) is 20.4. The zero-order valence-corrected chi connectivity index (χ0v) is 28.2. The number of benzene rings is 3. The lowest BCUT2D eigenvalue weighted by Crippen LogP contribution is -2.27. The Balaban J connectivity index is 1.69. The van der Waals surface area contributed by atoms with Crippen molar-refractivity contribution < 1.29 is 4.74 Å². The van der Waals surface area contributed by atoms with Crippen LogP contribution in [0.3, 0.4) is 0 Å². The van der Waals surface area contributed by atoms with Crippen LogP contribution in [0.5, 0.6) is 5.75 Å². The minimum Gasteiger partial charge on any atom is -0.492 e. The van der Waals surface area contributed by atoms with Gasteiger partial charge in [-0.3, -0.25) is 0 Å². The van der Waals surface area contributed by atoms with Gasteiger partial charge in [-0.05, 0) is 126 Å². The summed E-state index contributed by atoms with van der Waals surface area (Å²) < 4.78 is 6.80. The molecule has 42 heavy (non-hydrogen) atoms. The molecular weight excluding hydrogens is 508 g/mol. The van der Waals surface area contributed by atoms with E-state index in [1.807, 2.05) is 0 Å². The van der Waals surface area contributed by atoms with E-state index in [9.17, 15) is 0 Å². The summed E-state index contributed by atoms with van der Waals surface area (Å²) in [5.41, 5.74) is 12.9. The molecule has 0 aromatic heterocycles. The number of aryl methyl sites for hydroxylation is 2. The Hall–Kier alpha value is -2.54. The molecule has 1 saturated carbocycles. The van der Waals surface area contributed by atoms with E-state index in [0.717, 1.165) is 63.4 Å². The highest BCUT2D eigenvalue weighted by atomic mass is 16.5. The van der Waals surface area contributed by atoms with Gasteiger partial charge in [0.2, 0.25) is 0 Å². The van der Waals surface area contributed by atoms with Crippen LogP contribution in [0.15, 0.2) is 48.5 Å². The van der Waals surface area contributed by atoms with E-state index < -0.39 is 0 Å². The minimum absolute atomic E-state index is 0.264. The summed E-state index contributed by atoms with van der Waals surface area (Å²) in [6.45, 7) is 19.4. The Morgan fingerprint density at radius 2 is 1.21 bits per heavy atom. The average Bonchev–Trinajstić information content (AvgIpc) is 3.05. The summed E-state index contributed by atoms with van der Waals surface area (Å²) in [5, 5.41) is 0. The summed E-state index contributed by atoms with van der Waals surface area (Å²) in [5.74, 6) is 2.80. The van der Waals surface area contributed by atoms with E-state index in [0.29, 0.717) is 0 Å². The second-order valence-corrected chi connectivity index (χ2v) is 13.1. The summed E-state index contributed by atoms with van der Waals surface area (Å²) in [6, 6.07) is 19.2. The predicted octanol–water partition coefficient (Wildman–Crippen LogP) is 12.2. The molecule has 1 fully saturated rings. The average molecular weight is 567 g/mol. The van der Waals surface area contributed by atoms with Gasteiger partial charge in [-0.15, -0.1) is 0 Å². The Labute approximate surface area is 258 Å². The van der Waals surface area contributed by atoms with Gasteiger partial charge >= 0.3 is 0 Å². The van der Waals surface area contributed by atoms with Gasteiger partial charge in [0.15, 0.2) is 0 Å². The number of hydrogen-bond acceptors (Lipinski definition) is 1. The fraction of sp³-hybridized carbons (Fsp3) is 0.561. The Morgan fingerprint density at radius 3 is 1.76 bits per heavy atom. The summed E-state index contributed by atoms with van der Waals surface area (Å²) in [7, 11) is 0. The Kier molecular flexibility index (Phi) is 11.4. The van der Waals surface area contributed by atoms with Crippen molar-refractivity contribution in [2.45, 2.75) is 132 Å². The van der Waals surface area contributed by atoms with Crippen molar-refractivity contribution in [2.75, 3.05) is 6.61 Å². The van der Waals surface area contributed by atoms with Gasteiger partial charge in [-0.1, -0.05) is 111 Å². The second-order valence-electron chi connectivity index (χ2n) is 13.1. The fourth-order valence-corrected chi connectivity index (χ4v) is 7.44. The zero-order valence-electron chi connectivity index (χ0n) is 28.2. The van der Waals surface area contributed by atoms with Crippen molar-refractivity contribution in [3.05, 3.63) is 76.3 Å². The van der Waals surface area contributed by atoms with Crippen molar-refractivity contribution in [2.24, 2.45) is 11.3 Å². The normalized spacial score (nSPS) is 17.4. The van der Waals surface area contributed by atoms with Gasteiger partial charge in [-0.2, -0.15) is 0 Å². The van der Waals surface area contributed by atoms with Gasteiger partial charge in [0, 0.05) is 5.41 Å². The highest BCUT2D eigenvalue weighted by Gasteiger charge is 2.27. The molecular formula is C41H58O. The van der Waals surface area contributed by atoms with Crippen molar-refractivity contribution in [1.82, 2.24) is 0 Å². The van der Waals surface area contributed by atoms with Gasteiger partial charge in [0.1, 0.15) is 5.75 Å². The lowest BCUT2D eigenvalue weighted by Gasteiger charge is -2.32. The first-order valence-corrected chi connectivity index (χ1v) is 17.4. The van der Waals surface area contributed by atoms with E-state index in [1.54, 1.807) is 0 Å². The molecule has 0 N–H and O–H groups in total. The summed E-state index contributed by atoms with van der Waals surface area (Å²) >= 11 is 0.